The topological polar surface area (TPSA) is 24.5 Å². The monoisotopic (exact) mass is 256 g/mol. The Morgan fingerprint density at radius 2 is 2.06 bits per heavy atom. The molecule has 0 saturated carbocycles. The van der Waals surface area contributed by atoms with Crippen molar-refractivity contribution in [1.29, 1.82) is 0 Å². The maximum absolute atomic E-state index is 5.99. The largest absolute Gasteiger partial charge is 0.370 e. The maximum atomic E-state index is 5.99. The van der Waals surface area contributed by atoms with Gasteiger partial charge in [0.2, 0.25) is 0 Å². The summed E-state index contributed by atoms with van der Waals surface area (Å²) in [5.41, 5.74) is -0.0189. The van der Waals surface area contributed by atoms with E-state index < -0.39 is 0 Å². The van der Waals surface area contributed by atoms with Crippen LogP contribution >= 0.6 is 0 Å². The predicted octanol–water partition coefficient (Wildman–Crippen LogP) is 2.65. The molecular formula is C15H32N2O. The molecule has 0 spiro atoms. The number of rotatable bonds is 6. The van der Waals surface area contributed by atoms with Gasteiger partial charge in [-0.25, -0.2) is 0 Å². The van der Waals surface area contributed by atoms with Crippen LogP contribution in [0.3, 0.4) is 0 Å². The van der Waals surface area contributed by atoms with Gasteiger partial charge in [-0.2, -0.15) is 0 Å². The fourth-order valence-electron chi connectivity index (χ4n) is 3.05. The molecule has 18 heavy (non-hydrogen) atoms. The van der Waals surface area contributed by atoms with Gasteiger partial charge in [-0.15, -0.1) is 0 Å². The Kier molecular flexibility index (Phi) is 6.09. The van der Waals surface area contributed by atoms with E-state index in [0.717, 1.165) is 19.6 Å². The minimum absolute atomic E-state index is 0.0189. The summed E-state index contributed by atoms with van der Waals surface area (Å²) in [5, 5.41) is 3.68. The first-order chi connectivity index (χ1) is 8.39. The lowest BCUT2D eigenvalue weighted by molar-refractivity contribution is -0.138. The zero-order valence-corrected chi connectivity index (χ0v) is 13.1. The van der Waals surface area contributed by atoms with Gasteiger partial charge in [-0.05, 0) is 47.1 Å². The van der Waals surface area contributed by atoms with Crippen LogP contribution in [0.5, 0.6) is 0 Å². The fourth-order valence-corrected chi connectivity index (χ4v) is 3.05. The molecular weight excluding hydrogens is 224 g/mol. The van der Waals surface area contributed by atoms with Crippen LogP contribution in [0.15, 0.2) is 0 Å². The van der Waals surface area contributed by atoms with Crippen molar-refractivity contribution in [2.75, 3.05) is 19.6 Å². The van der Waals surface area contributed by atoms with E-state index in [-0.39, 0.29) is 5.60 Å². The minimum atomic E-state index is -0.0189. The Labute approximate surface area is 113 Å². The molecule has 0 amide bonds. The third-order valence-corrected chi connectivity index (χ3v) is 3.85. The summed E-state index contributed by atoms with van der Waals surface area (Å²) in [6.07, 6.45) is 2.72. The SMILES string of the molecule is CCCNC(CC)C(C)N1CC(C)OC(C)(C)C1. The number of nitrogens with one attached hydrogen (secondary N) is 1. The van der Waals surface area contributed by atoms with Crippen LogP contribution in [-0.2, 0) is 4.74 Å². The van der Waals surface area contributed by atoms with E-state index in [2.05, 4.69) is 51.8 Å². The molecule has 108 valence electrons. The van der Waals surface area contributed by atoms with Crippen LogP contribution in [0.1, 0.15) is 54.4 Å². The van der Waals surface area contributed by atoms with Crippen molar-refractivity contribution in [2.24, 2.45) is 0 Å². The van der Waals surface area contributed by atoms with E-state index in [0.29, 0.717) is 18.2 Å². The highest BCUT2D eigenvalue weighted by Crippen LogP contribution is 2.23. The molecule has 1 aliphatic heterocycles. The smallest absolute Gasteiger partial charge is 0.0757 e. The van der Waals surface area contributed by atoms with Gasteiger partial charge in [0.1, 0.15) is 0 Å². The second-order valence-electron chi connectivity index (χ2n) is 6.33. The second kappa shape index (κ2) is 6.88. The minimum Gasteiger partial charge on any atom is -0.370 e. The van der Waals surface area contributed by atoms with Gasteiger partial charge in [0, 0.05) is 25.2 Å². The summed E-state index contributed by atoms with van der Waals surface area (Å²) < 4.78 is 5.99. The van der Waals surface area contributed by atoms with Crippen molar-refractivity contribution in [3.63, 3.8) is 0 Å². The highest BCUT2D eigenvalue weighted by atomic mass is 16.5. The highest BCUT2D eigenvalue weighted by Gasteiger charge is 2.35. The average molecular weight is 256 g/mol. The number of hydrogen-bond donors (Lipinski definition) is 1. The van der Waals surface area contributed by atoms with Crippen molar-refractivity contribution < 1.29 is 4.74 Å². The van der Waals surface area contributed by atoms with Gasteiger partial charge in [0.25, 0.3) is 0 Å². The van der Waals surface area contributed by atoms with Crippen LogP contribution in [0, 0.1) is 0 Å². The molecule has 1 heterocycles. The summed E-state index contributed by atoms with van der Waals surface area (Å²) >= 11 is 0. The lowest BCUT2D eigenvalue weighted by Gasteiger charge is -2.46. The molecule has 0 aromatic carbocycles. The van der Waals surface area contributed by atoms with Gasteiger partial charge in [-0.1, -0.05) is 13.8 Å². The fraction of sp³-hybridized carbons (Fsp3) is 1.00. The van der Waals surface area contributed by atoms with E-state index in [9.17, 15) is 0 Å². The molecule has 3 heteroatoms. The van der Waals surface area contributed by atoms with E-state index >= 15 is 0 Å². The third-order valence-electron chi connectivity index (χ3n) is 3.85. The van der Waals surface area contributed by atoms with Gasteiger partial charge < -0.3 is 10.1 Å². The van der Waals surface area contributed by atoms with Gasteiger partial charge in [0.15, 0.2) is 0 Å². The molecule has 0 bridgehead atoms. The highest BCUT2D eigenvalue weighted by molar-refractivity contribution is 4.89. The molecule has 0 aromatic rings. The molecule has 1 rings (SSSR count). The molecule has 3 nitrogen and oxygen atoms in total. The Hall–Kier alpha value is -0.120. The van der Waals surface area contributed by atoms with Crippen molar-refractivity contribution in [3.8, 4) is 0 Å². The summed E-state index contributed by atoms with van der Waals surface area (Å²) in [7, 11) is 0. The Balaban J connectivity index is 2.60. The molecule has 1 fully saturated rings. The van der Waals surface area contributed by atoms with Crippen LogP contribution in [-0.4, -0.2) is 48.3 Å². The number of hydrogen-bond acceptors (Lipinski definition) is 3. The third kappa shape index (κ3) is 4.52. The van der Waals surface area contributed by atoms with E-state index in [4.69, 9.17) is 4.74 Å². The molecule has 0 radical (unpaired) electrons. The van der Waals surface area contributed by atoms with Crippen molar-refractivity contribution in [1.82, 2.24) is 10.2 Å². The number of morpholine rings is 1. The Morgan fingerprint density at radius 3 is 2.56 bits per heavy atom. The zero-order chi connectivity index (χ0) is 13.8. The van der Waals surface area contributed by atoms with Crippen LogP contribution in [0.2, 0.25) is 0 Å². The van der Waals surface area contributed by atoms with E-state index in [1.807, 2.05) is 0 Å². The summed E-state index contributed by atoms with van der Waals surface area (Å²) in [4.78, 5) is 2.59. The molecule has 0 aliphatic carbocycles. The summed E-state index contributed by atoms with van der Waals surface area (Å²) in [6, 6.07) is 1.17. The van der Waals surface area contributed by atoms with Crippen molar-refractivity contribution >= 4 is 0 Å². The van der Waals surface area contributed by atoms with Crippen LogP contribution in [0.4, 0.5) is 0 Å². The molecule has 3 atom stereocenters. The standard InChI is InChI=1S/C15H32N2O/c1-7-9-16-14(8-2)13(4)17-10-12(3)18-15(5,6)11-17/h12-14,16H,7-11H2,1-6H3. The molecule has 1 aliphatic rings. The first-order valence-electron chi connectivity index (χ1n) is 7.55. The van der Waals surface area contributed by atoms with Gasteiger partial charge in [-0.3, -0.25) is 4.90 Å². The predicted molar refractivity (Wildman–Crippen MR) is 78.0 cm³/mol. The molecule has 3 unspecified atom stereocenters. The van der Waals surface area contributed by atoms with E-state index in [1.165, 1.54) is 12.8 Å². The lowest BCUT2D eigenvalue weighted by atomic mass is 9.99. The Morgan fingerprint density at radius 1 is 1.39 bits per heavy atom. The van der Waals surface area contributed by atoms with Crippen molar-refractivity contribution in [3.05, 3.63) is 0 Å². The van der Waals surface area contributed by atoms with Gasteiger partial charge >= 0.3 is 0 Å². The normalized spacial score (nSPS) is 28.0. The molecule has 1 N–H and O–H groups in total. The van der Waals surface area contributed by atoms with E-state index in [1.54, 1.807) is 0 Å². The molecule has 0 aromatic heterocycles. The van der Waals surface area contributed by atoms with Crippen LogP contribution in [0.25, 0.3) is 0 Å². The molecule has 1 saturated heterocycles. The lowest BCUT2D eigenvalue weighted by Crippen LogP contribution is -2.58. The Bertz CT molecular complexity index is 243. The summed E-state index contributed by atoms with van der Waals surface area (Å²) in [5.74, 6) is 0. The average Bonchev–Trinajstić information content (AvgIpc) is 2.27. The second-order valence-corrected chi connectivity index (χ2v) is 6.33. The number of nitrogens with zero attached hydrogens (tertiary/aromatic N) is 1. The number of ether oxygens (including phenoxy) is 1. The van der Waals surface area contributed by atoms with Gasteiger partial charge in [0.05, 0.1) is 11.7 Å². The maximum Gasteiger partial charge on any atom is 0.0757 e. The van der Waals surface area contributed by atoms with Crippen LogP contribution < -0.4 is 5.32 Å². The first kappa shape index (κ1) is 15.9. The quantitative estimate of drug-likeness (QED) is 0.791. The summed E-state index contributed by atoms with van der Waals surface area (Å²) in [6.45, 7) is 16.6. The van der Waals surface area contributed by atoms with Crippen molar-refractivity contribution in [2.45, 2.75) is 78.2 Å². The first-order valence-corrected chi connectivity index (χ1v) is 7.55. The zero-order valence-electron chi connectivity index (χ0n) is 13.1.